The average molecular weight is 328 g/mol. The molecule has 0 saturated heterocycles. The minimum atomic E-state index is 0.251. The van der Waals surface area contributed by atoms with Crippen LogP contribution in [0.1, 0.15) is 31.4 Å². The van der Waals surface area contributed by atoms with Gasteiger partial charge in [0.25, 0.3) is 0 Å². The number of nitrogens with zero attached hydrogens (tertiary/aromatic N) is 2. The fraction of sp³-hybridized carbons (Fsp3) is 0.421. The predicted molar refractivity (Wildman–Crippen MR) is 92.4 cm³/mol. The van der Waals surface area contributed by atoms with Gasteiger partial charge >= 0.3 is 0 Å². The minimum Gasteiger partial charge on any atom is -0.493 e. The van der Waals surface area contributed by atoms with Gasteiger partial charge in [-0.1, -0.05) is 6.92 Å². The number of ether oxygens (including phenoxy) is 3. The van der Waals surface area contributed by atoms with Gasteiger partial charge in [0, 0.05) is 31.5 Å². The zero-order chi connectivity index (χ0) is 16.9. The number of hydrogen-bond donors (Lipinski definition) is 0. The highest BCUT2D eigenvalue weighted by Crippen LogP contribution is 2.42. The molecule has 0 fully saturated rings. The van der Waals surface area contributed by atoms with Crippen molar-refractivity contribution in [2.45, 2.75) is 39.4 Å². The summed E-state index contributed by atoms with van der Waals surface area (Å²) in [5.41, 5.74) is 2.42. The lowest BCUT2D eigenvalue weighted by molar-refractivity contribution is 0.171. The van der Waals surface area contributed by atoms with Crippen molar-refractivity contribution in [3.63, 3.8) is 0 Å². The van der Waals surface area contributed by atoms with E-state index in [1.807, 2.05) is 24.5 Å². The number of rotatable bonds is 7. The molecule has 1 aromatic carbocycles. The predicted octanol–water partition coefficient (Wildman–Crippen LogP) is 3.62. The molecule has 0 saturated carbocycles. The quantitative estimate of drug-likeness (QED) is 0.777. The zero-order valence-electron chi connectivity index (χ0n) is 14.5. The molecule has 2 aromatic rings. The molecule has 3 rings (SSSR count). The van der Waals surface area contributed by atoms with Crippen LogP contribution in [-0.4, -0.2) is 29.8 Å². The molecule has 24 heavy (non-hydrogen) atoms. The highest BCUT2D eigenvalue weighted by Gasteiger charge is 2.22. The summed E-state index contributed by atoms with van der Waals surface area (Å²) in [5.74, 6) is 2.19. The third kappa shape index (κ3) is 3.62. The maximum absolute atomic E-state index is 5.54. The maximum atomic E-state index is 5.54. The number of hydrogen-bond acceptors (Lipinski definition) is 5. The number of benzene rings is 1. The Balaban J connectivity index is 1.82. The van der Waals surface area contributed by atoms with Gasteiger partial charge in [0.15, 0.2) is 11.5 Å². The van der Waals surface area contributed by atoms with Gasteiger partial charge in [-0.2, -0.15) is 0 Å². The normalized spacial score (nSPS) is 14.0. The van der Waals surface area contributed by atoms with Crippen molar-refractivity contribution in [2.75, 3.05) is 13.9 Å². The van der Waals surface area contributed by atoms with Crippen molar-refractivity contribution in [3.8, 4) is 17.2 Å². The Labute approximate surface area is 143 Å². The average Bonchev–Trinajstić information content (AvgIpc) is 3.09. The van der Waals surface area contributed by atoms with Crippen LogP contribution in [0.4, 0.5) is 0 Å². The van der Waals surface area contributed by atoms with Crippen molar-refractivity contribution in [2.24, 2.45) is 0 Å². The van der Waals surface area contributed by atoms with Crippen LogP contribution in [0.3, 0.4) is 0 Å². The van der Waals surface area contributed by atoms with Crippen molar-refractivity contribution >= 4 is 0 Å². The van der Waals surface area contributed by atoms with Crippen LogP contribution in [-0.2, 0) is 13.1 Å². The first-order chi connectivity index (χ1) is 11.7. The third-order valence-corrected chi connectivity index (χ3v) is 4.45. The highest BCUT2D eigenvalue weighted by molar-refractivity contribution is 5.55. The molecule has 0 N–H and O–H groups in total. The van der Waals surface area contributed by atoms with E-state index in [-0.39, 0.29) is 6.79 Å². The van der Waals surface area contributed by atoms with Crippen LogP contribution in [0, 0.1) is 0 Å². The summed E-state index contributed by atoms with van der Waals surface area (Å²) in [7, 11) is 1.66. The van der Waals surface area contributed by atoms with Gasteiger partial charge in [0.1, 0.15) is 0 Å². The molecule has 0 radical (unpaired) electrons. The SMILES string of the molecule is CC[C@@H](C)N(Cc1ccncc1)Cc1cc(OC)c2c(c1)OCO2. The number of pyridine rings is 1. The Morgan fingerprint density at radius 3 is 2.62 bits per heavy atom. The summed E-state index contributed by atoms with van der Waals surface area (Å²) >= 11 is 0. The molecule has 2 heterocycles. The van der Waals surface area contributed by atoms with Crippen LogP contribution in [0.2, 0.25) is 0 Å². The van der Waals surface area contributed by atoms with Crippen molar-refractivity contribution in [1.29, 1.82) is 0 Å². The molecule has 1 atom stereocenters. The summed E-state index contributed by atoms with van der Waals surface area (Å²) in [6.45, 7) is 6.43. The van der Waals surface area contributed by atoms with E-state index in [9.17, 15) is 0 Å². The molecule has 0 unspecified atom stereocenters. The van der Waals surface area contributed by atoms with E-state index in [1.54, 1.807) is 7.11 Å². The fourth-order valence-electron chi connectivity index (χ4n) is 2.86. The summed E-state index contributed by atoms with van der Waals surface area (Å²) in [5, 5.41) is 0. The number of aromatic nitrogens is 1. The number of fused-ring (bicyclic) bond motifs is 1. The largest absolute Gasteiger partial charge is 0.493 e. The molecule has 1 aromatic heterocycles. The molecule has 1 aliphatic heterocycles. The lowest BCUT2D eigenvalue weighted by Crippen LogP contribution is -2.31. The Hall–Kier alpha value is -2.27. The van der Waals surface area contributed by atoms with Gasteiger partial charge in [-0.05, 0) is 48.7 Å². The Bertz CT molecular complexity index is 676. The second-order valence-electron chi connectivity index (χ2n) is 6.05. The second-order valence-corrected chi connectivity index (χ2v) is 6.05. The molecule has 0 aliphatic carbocycles. The maximum Gasteiger partial charge on any atom is 0.231 e. The lowest BCUT2D eigenvalue weighted by atomic mass is 10.1. The molecular weight excluding hydrogens is 304 g/mol. The van der Waals surface area contributed by atoms with Crippen LogP contribution in [0.25, 0.3) is 0 Å². The summed E-state index contributed by atoms with van der Waals surface area (Å²) in [6, 6.07) is 8.68. The van der Waals surface area contributed by atoms with Gasteiger partial charge < -0.3 is 14.2 Å². The van der Waals surface area contributed by atoms with E-state index in [4.69, 9.17) is 14.2 Å². The summed E-state index contributed by atoms with van der Waals surface area (Å²) < 4.78 is 16.5. The second kappa shape index (κ2) is 7.53. The Morgan fingerprint density at radius 1 is 1.17 bits per heavy atom. The van der Waals surface area contributed by atoms with Gasteiger partial charge in [0.2, 0.25) is 12.5 Å². The number of methoxy groups -OCH3 is 1. The van der Waals surface area contributed by atoms with E-state index in [0.29, 0.717) is 11.8 Å². The van der Waals surface area contributed by atoms with Crippen molar-refractivity contribution < 1.29 is 14.2 Å². The van der Waals surface area contributed by atoms with E-state index < -0.39 is 0 Å². The van der Waals surface area contributed by atoms with Crippen LogP contribution in [0.5, 0.6) is 17.2 Å². The topological polar surface area (TPSA) is 43.8 Å². The molecule has 5 heteroatoms. The van der Waals surface area contributed by atoms with Gasteiger partial charge in [-0.15, -0.1) is 0 Å². The van der Waals surface area contributed by atoms with E-state index in [0.717, 1.165) is 36.6 Å². The molecule has 128 valence electrons. The zero-order valence-corrected chi connectivity index (χ0v) is 14.5. The summed E-state index contributed by atoms with van der Waals surface area (Å²) in [4.78, 5) is 6.55. The molecule has 0 amide bonds. The first-order valence-electron chi connectivity index (χ1n) is 8.30. The van der Waals surface area contributed by atoms with Gasteiger partial charge in [-0.3, -0.25) is 9.88 Å². The molecule has 1 aliphatic rings. The van der Waals surface area contributed by atoms with E-state index in [1.165, 1.54) is 5.56 Å². The van der Waals surface area contributed by atoms with Crippen molar-refractivity contribution in [1.82, 2.24) is 9.88 Å². The molecular formula is C19H24N2O3. The van der Waals surface area contributed by atoms with Crippen LogP contribution in [0.15, 0.2) is 36.7 Å². The first-order valence-corrected chi connectivity index (χ1v) is 8.30. The van der Waals surface area contributed by atoms with Gasteiger partial charge in [0.05, 0.1) is 7.11 Å². The highest BCUT2D eigenvalue weighted by atomic mass is 16.7. The standard InChI is InChI=1S/C19H24N2O3/c1-4-14(2)21(11-15-5-7-20-8-6-15)12-16-9-17(22-3)19-18(10-16)23-13-24-19/h5-10,14H,4,11-13H2,1-3H3/t14-/m1/s1. The smallest absolute Gasteiger partial charge is 0.231 e. The lowest BCUT2D eigenvalue weighted by Gasteiger charge is -2.28. The van der Waals surface area contributed by atoms with Crippen LogP contribution < -0.4 is 14.2 Å². The Morgan fingerprint density at radius 2 is 1.92 bits per heavy atom. The summed E-state index contributed by atoms with van der Waals surface area (Å²) in [6.07, 6.45) is 4.77. The third-order valence-electron chi connectivity index (χ3n) is 4.45. The molecule has 0 bridgehead atoms. The van der Waals surface area contributed by atoms with Gasteiger partial charge in [-0.25, -0.2) is 0 Å². The monoisotopic (exact) mass is 328 g/mol. The molecule has 0 spiro atoms. The fourth-order valence-corrected chi connectivity index (χ4v) is 2.86. The Kier molecular flexibility index (Phi) is 5.20. The first kappa shape index (κ1) is 16.6. The molecule has 5 nitrogen and oxygen atoms in total. The van der Waals surface area contributed by atoms with E-state index >= 15 is 0 Å². The van der Waals surface area contributed by atoms with E-state index in [2.05, 4.69) is 35.9 Å². The van der Waals surface area contributed by atoms with Crippen LogP contribution >= 0.6 is 0 Å². The minimum absolute atomic E-state index is 0.251. The van der Waals surface area contributed by atoms with Crippen molar-refractivity contribution in [3.05, 3.63) is 47.8 Å².